The van der Waals surface area contributed by atoms with Gasteiger partial charge in [0.2, 0.25) is 5.78 Å². The Morgan fingerprint density at radius 2 is 1.76 bits per heavy atom. The number of fused-ring (bicyclic) bond motifs is 5. The van der Waals surface area contributed by atoms with Crippen molar-refractivity contribution < 1.29 is 33.4 Å². The van der Waals surface area contributed by atoms with E-state index >= 15 is 0 Å². The van der Waals surface area contributed by atoms with Gasteiger partial charge in [-0.2, -0.15) is 0 Å². The Hall–Kier alpha value is -2.57. The van der Waals surface area contributed by atoms with Crippen LogP contribution in [0.15, 0.2) is 23.8 Å². The van der Waals surface area contributed by atoms with Crippen LogP contribution in [0.4, 0.5) is 0 Å². The summed E-state index contributed by atoms with van der Waals surface area (Å²) in [6, 6.07) is 0. The zero-order valence-corrected chi connectivity index (χ0v) is 20.5. The summed E-state index contributed by atoms with van der Waals surface area (Å²) in [6.07, 6.45) is 7.89. The van der Waals surface area contributed by atoms with Crippen LogP contribution in [0.1, 0.15) is 72.6 Å². The molecular formula is C27H34O7. The fraction of sp³-hybridized carbons (Fsp3) is 0.667. The van der Waals surface area contributed by atoms with Gasteiger partial charge in [0.05, 0.1) is 0 Å². The van der Waals surface area contributed by atoms with Crippen LogP contribution in [0.2, 0.25) is 0 Å². The lowest BCUT2D eigenvalue weighted by atomic mass is 9.46. The molecule has 4 aliphatic carbocycles. The minimum absolute atomic E-state index is 0.00455. The van der Waals surface area contributed by atoms with E-state index in [9.17, 15) is 24.0 Å². The van der Waals surface area contributed by atoms with Crippen molar-refractivity contribution in [2.75, 3.05) is 6.61 Å². The smallest absolute Gasteiger partial charge is 0.306 e. The van der Waals surface area contributed by atoms with Crippen LogP contribution < -0.4 is 0 Å². The SMILES string of the molecule is CCC(=O)OCC(=O)[C@@]1(OC(=O)CC)CCC2[C@@H]3CCC4=CC(=O)C=C[C@]4(C)C3C(=O)C[C@@]21C. The van der Waals surface area contributed by atoms with E-state index in [4.69, 9.17) is 9.47 Å². The third-order valence-electron chi connectivity index (χ3n) is 9.06. The van der Waals surface area contributed by atoms with Crippen LogP contribution >= 0.6 is 0 Å². The number of Topliss-reactive ketones (excluding diaryl/α,β-unsaturated/α-hetero) is 2. The summed E-state index contributed by atoms with van der Waals surface area (Å²) in [5.74, 6) is -1.72. The lowest BCUT2D eigenvalue weighted by molar-refractivity contribution is -0.192. The van der Waals surface area contributed by atoms with Crippen LogP contribution in [0.5, 0.6) is 0 Å². The molecule has 4 rings (SSSR count). The highest BCUT2D eigenvalue weighted by molar-refractivity contribution is 6.02. The largest absolute Gasteiger partial charge is 0.457 e. The number of rotatable bonds is 6. The maximum atomic E-state index is 13.8. The summed E-state index contributed by atoms with van der Waals surface area (Å²) in [5.41, 5.74) is -1.88. The van der Waals surface area contributed by atoms with Crippen molar-refractivity contribution >= 4 is 29.3 Å². The van der Waals surface area contributed by atoms with E-state index in [1.807, 2.05) is 19.9 Å². The van der Waals surface area contributed by atoms with Gasteiger partial charge in [-0.3, -0.25) is 24.0 Å². The predicted molar refractivity (Wildman–Crippen MR) is 122 cm³/mol. The molecule has 3 fully saturated rings. The maximum absolute atomic E-state index is 13.8. The van der Waals surface area contributed by atoms with Crippen molar-refractivity contribution in [3.63, 3.8) is 0 Å². The molecule has 0 aromatic heterocycles. The zero-order chi connectivity index (χ0) is 24.9. The molecule has 0 radical (unpaired) electrons. The molecule has 6 atom stereocenters. The van der Waals surface area contributed by atoms with Crippen LogP contribution in [-0.4, -0.2) is 41.5 Å². The molecule has 7 nitrogen and oxygen atoms in total. The highest BCUT2D eigenvalue weighted by Crippen LogP contribution is 2.67. The van der Waals surface area contributed by atoms with E-state index in [2.05, 4.69) is 0 Å². The lowest BCUT2D eigenvalue weighted by Crippen LogP contribution is -2.62. The second kappa shape index (κ2) is 8.58. The third kappa shape index (κ3) is 3.50. The first-order valence-electron chi connectivity index (χ1n) is 12.4. The Balaban J connectivity index is 1.72. The monoisotopic (exact) mass is 470 g/mol. The van der Waals surface area contributed by atoms with Gasteiger partial charge in [0, 0.05) is 36.0 Å². The van der Waals surface area contributed by atoms with Crippen molar-refractivity contribution in [3.05, 3.63) is 23.8 Å². The Kier molecular flexibility index (Phi) is 6.19. The quantitative estimate of drug-likeness (QED) is 0.545. The summed E-state index contributed by atoms with van der Waals surface area (Å²) >= 11 is 0. The number of esters is 2. The highest BCUT2D eigenvalue weighted by atomic mass is 16.6. The van der Waals surface area contributed by atoms with E-state index in [0.29, 0.717) is 12.8 Å². The fourth-order valence-corrected chi connectivity index (χ4v) is 7.33. The minimum atomic E-state index is -1.49. The summed E-state index contributed by atoms with van der Waals surface area (Å²) in [6.45, 7) is 6.78. The van der Waals surface area contributed by atoms with Gasteiger partial charge < -0.3 is 9.47 Å². The molecule has 0 amide bonds. The summed E-state index contributed by atoms with van der Waals surface area (Å²) < 4.78 is 11.1. The van der Waals surface area contributed by atoms with Gasteiger partial charge in [-0.1, -0.05) is 39.3 Å². The number of ether oxygens (including phenoxy) is 2. The first-order chi connectivity index (χ1) is 16.0. The first kappa shape index (κ1) is 24.6. The maximum Gasteiger partial charge on any atom is 0.306 e. The van der Waals surface area contributed by atoms with Crippen LogP contribution in [0, 0.1) is 28.6 Å². The van der Waals surface area contributed by atoms with Crippen molar-refractivity contribution in [1.29, 1.82) is 0 Å². The molecule has 2 unspecified atom stereocenters. The first-order valence-corrected chi connectivity index (χ1v) is 12.4. The predicted octanol–water partition coefficient (Wildman–Crippen LogP) is 3.69. The summed E-state index contributed by atoms with van der Waals surface area (Å²) in [4.78, 5) is 63.6. The molecule has 0 heterocycles. The zero-order valence-electron chi connectivity index (χ0n) is 20.5. The van der Waals surface area contributed by atoms with E-state index in [1.165, 1.54) is 0 Å². The second-order valence-electron chi connectivity index (χ2n) is 10.7. The van der Waals surface area contributed by atoms with Crippen LogP contribution in [-0.2, 0) is 33.4 Å². The number of carbonyl (C=O) groups excluding carboxylic acids is 5. The van der Waals surface area contributed by atoms with Gasteiger partial charge >= 0.3 is 11.9 Å². The van der Waals surface area contributed by atoms with E-state index in [-0.39, 0.29) is 48.6 Å². The molecule has 34 heavy (non-hydrogen) atoms. The Morgan fingerprint density at radius 3 is 2.44 bits per heavy atom. The summed E-state index contributed by atoms with van der Waals surface area (Å²) in [5, 5.41) is 0. The molecule has 4 aliphatic rings. The van der Waals surface area contributed by atoms with Gasteiger partial charge in [-0.05, 0) is 49.7 Å². The molecule has 3 saturated carbocycles. The molecule has 0 aromatic rings. The van der Waals surface area contributed by atoms with Crippen molar-refractivity contribution in [3.8, 4) is 0 Å². The molecule has 0 bridgehead atoms. The number of hydrogen-bond acceptors (Lipinski definition) is 7. The number of ketones is 3. The van der Waals surface area contributed by atoms with Gasteiger partial charge in [0.15, 0.2) is 18.0 Å². The van der Waals surface area contributed by atoms with Crippen LogP contribution in [0.3, 0.4) is 0 Å². The average molecular weight is 471 g/mol. The van der Waals surface area contributed by atoms with Gasteiger partial charge in [0.25, 0.3) is 0 Å². The standard InChI is InChI=1S/C27H34O7/c1-5-22(31)33-15-21(30)27(34-23(32)6-2)12-10-19-18-8-7-16-13-17(28)9-11-25(16,3)24(18)20(29)14-26(19,27)4/h9,11,13,18-19,24H,5-8,10,12,14-15H2,1-4H3/t18-,19?,24?,25-,26-,27-/m0/s1. The van der Waals surface area contributed by atoms with Crippen molar-refractivity contribution in [2.45, 2.75) is 78.2 Å². The van der Waals surface area contributed by atoms with Crippen LogP contribution in [0.25, 0.3) is 0 Å². The third-order valence-corrected chi connectivity index (χ3v) is 9.06. The number of carbonyl (C=O) groups is 5. The number of hydrogen-bond donors (Lipinski definition) is 0. The Bertz CT molecular complexity index is 1010. The highest BCUT2D eigenvalue weighted by Gasteiger charge is 2.70. The average Bonchev–Trinajstić information content (AvgIpc) is 3.09. The lowest BCUT2D eigenvalue weighted by Gasteiger charge is -2.57. The molecule has 0 aliphatic heterocycles. The fourth-order valence-electron chi connectivity index (χ4n) is 7.33. The van der Waals surface area contributed by atoms with Crippen molar-refractivity contribution in [2.24, 2.45) is 28.6 Å². The minimum Gasteiger partial charge on any atom is -0.457 e. The second-order valence-corrected chi connectivity index (χ2v) is 10.7. The molecule has 0 aromatic carbocycles. The molecular weight excluding hydrogens is 436 g/mol. The van der Waals surface area contributed by atoms with E-state index in [0.717, 1.165) is 18.4 Å². The topological polar surface area (TPSA) is 104 Å². The Labute approximate surface area is 200 Å². The molecule has 7 heteroatoms. The molecule has 0 saturated heterocycles. The van der Waals surface area contributed by atoms with Gasteiger partial charge in [-0.15, -0.1) is 0 Å². The van der Waals surface area contributed by atoms with E-state index in [1.54, 1.807) is 26.0 Å². The molecule has 0 N–H and O–H groups in total. The normalized spacial score (nSPS) is 38.4. The van der Waals surface area contributed by atoms with Crippen molar-refractivity contribution in [1.82, 2.24) is 0 Å². The van der Waals surface area contributed by atoms with E-state index < -0.39 is 40.8 Å². The number of allylic oxidation sites excluding steroid dienone is 4. The van der Waals surface area contributed by atoms with Gasteiger partial charge in [-0.25, -0.2) is 0 Å². The Morgan fingerprint density at radius 1 is 1.06 bits per heavy atom. The molecule has 0 spiro atoms. The molecule has 184 valence electrons. The summed E-state index contributed by atoms with van der Waals surface area (Å²) in [7, 11) is 0. The van der Waals surface area contributed by atoms with Gasteiger partial charge in [0.1, 0.15) is 5.78 Å².